The molecule has 20 heteroatoms. The zero-order valence-corrected chi connectivity index (χ0v) is 41.0. The quantitative estimate of drug-likeness (QED) is 0.152. The van der Waals surface area contributed by atoms with E-state index in [1.807, 2.05) is 13.0 Å². The monoisotopic (exact) mass is 973 g/mol. The SMILES string of the molecule is COc1cc2cc(c1Cl)N(C)C(=O)C[C@H](OC(=O)[C@H](C)N(C)C(=O)CCSC1CC(=O)N(CC3CCC(C(N)=O)CC3)C1=O)C1(C)O[C@H]1[C@H](C)[C@@H]1C[C@@](O)(NC(=O)O1)[C@H](OC)/C=C/C=C(\C)C2. The molecule has 6 rings (SSSR count). The van der Waals surface area contributed by atoms with Crippen molar-refractivity contribution in [2.45, 2.75) is 133 Å². The molecule has 6 amide bonds. The van der Waals surface area contributed by atoms with Gasteiger partial charge in [0, 0.05) is 64.6 Å². The predicted molar refractivity (Wildman–Crippen MR) is 248 cm³/mol. The number of epoxide rings is 1. The number of fused-ring (bicyclic) bond motifs is 5. The standard InChI is InChI=1S/C47H64ClN5O13S/c1-25-10-9-11-35(63-8)47(61)23-33(64-45(60)50-47)26(2)41-46(4,66-41)36(22-38(55)52(6)31-19-29(18-25)20-32(62-7)40(31)48)65-44(59)27(3)51(5)37(54)16-17-67-34-21-39(56)53(43(34)58)24-28-12-14-30(15-13-28)42(49)57/h9-11,19-20,26-28,30,33-36,41,61H,12-18,21-24H2,1-8H3,(H2,49,57)(H,50,60)/b11-9+,25-10+/t26-,27+,28?,30?,33+,34?,35-,36+,41+,46?,47+/m1/s1. The Morgan fingerprint density at radius 1 is 1.10 bits per heavy atom. The minimum atomic E-state index is -1.87. The van der Waals surface area contributed by atoms with Gasteiger partial charge in [0.05, 0.1) is 30.6 Å². The zero-order chi connectivity index (χ0) is 49.1. The molecule has 1 aromatic rings. The van der Waals surface area contributed by atoms with E-state index in [9.17, 15) is 38.7 Å². The number of halogens is 1. The molecule has 4 heterocycles. The van der Waals surface area contributed by atoms with Crippen LogP contribution in [0.5, 0.6) is 5.75 Å². The number of hydrogen-bond donors (Lipinski definition) is 3. The highest BCUT2D eigenvalue weighted by Crippen LogP contribution is 2.49. The summed E-state index contributed by atoms with van der Waals surface area (Å²) >= 11 is 8.02. The van der Waals surface area contributed by atoms with Gasteiger partial charge >= 0.3 is 12.1 Å². The number of methoxy groups -OCH3 is 2. The lowest BCUT2D eigenvalue weighted by molar-refractivity contribution is -0.162. The number of likely N-dealkylation sites (tertiary alicyclic amines) is 1. The van der Waals surface area contributed by atoms with Crippen molar-refractivity contribution in [3.63, 3.8) is 0 Å². The number of likely N-dealkylation sites (N-methyl/N-ethyl adjacent to an activating group) is 1. The number of primary amides is 1. The topological polar surface area (TPSA) is 237 Å². The van der Waals surface area contributed by atoms with Gasteiger partial charge in [0.1, 0.15) is 40.7 Å². The summed E-state index contributed by atoms with van der Waals surface area (Å²) in [6.07, 6.45) is 3.11. The molecule has 3 saturated heterocycles. The summed E-state index contributed by atoms with van der Waals surface area (Å²) in [5.74, 6) is -2.71. The number of aliphatic hydroxyl groups is 1. The minimum Gasteiger partial charge on any atom is -0.495 e. The van der Waals surface area contributed by atoms with Gasteiger partial charge < -0.3 is 44.3 Å². The van der Waals surface area contributed by atoms with E-state index in [0.717, 1.165) is 11.1 Å². The highest BCUT2D eigenvalue weighted by molar-refractivity contribution is 8.00. The normalized spacial score (nSPS) is 33.1. The first-order chi connectivity index (χ1) is 31.6. The molecule has 5 aliphatic rings. The molecule has 1 saturated carbocycles. The number of ether oxygens (including phenoxy) is 5. The average Bonchev–Trinajstić information content (AvgIpc) is 3.91. The number of imide groups is 1. The van der Waals surface area contributed by atoms with Crippen LogP contribution in [0.25, 0.3) is 0 Å². The van der Waals surface area contributed by atoms with Gasteiger partial charge in [-0.15, -0.1) is 11.8 Å². The number of anilines is 1. The number of rotatable bonds is 12. The highest BCUT2D eigenvalue weighted by Gasteiger charge is 2.64. The third-order valence-electron chi connectivity index (χ3n) is 14.1. The fourth-order valence-corrected chi connectivity index (χ4v) is 11.0. The summed E-state index contributed by atoms with van der Waals surface area (Å²) < 4.78 is 29.4. The van der Waals surface area contributed by atoms with Gasteiger partial charge in [-0.25, -0.2) is 9.59 Å². The molecule has 1 aromatic carbocycles. The summed E-state index contributed by atoms with van der Waals surface area (Å²) in [6, 6.07) is 2.42. The number of carbonyl (C=O) groups is 7. The highest BCUT2D eigenvalue weighted by atomic mass is 35.5. The maximum absolute atomic E-state index is 14.3. The number of carbonyl (C=O) groups excluding carboxylic acids is 7. The van der Waals surface area contributed by atoms with E-state index < -0.39 is 76.8 Å². The van der Waals surface area contributed by atoms with Crippen molar-refractivity contribution < 1.29 is 62.4 Å². The zero-order valence-electron chi connectivity index (χ0n) is 39.4. The van der Waals surface area contributed by atoms with Crippen molar-refractivity contribution >= 4 is 70.6 Å². The fourth-order valence-electron chi connectivity index (χ4n) is 9.55. The van der Waals surface area contributed by atoms with E-state index in [-0.39, 0.29) is 66.0 Å². The first-order valence-corrected chi connectivity index (χ1v) is 24.1. The smallest absolute Gasteiger partial charge is 0.409 e. The Morgan fingerprint density at radius 3 is 2.46 bits per heavy atom. The average molecular weight is 975 g/mol. The number of nitrogens with zero attached hydrogens (tertiary/aromatic N) is 3. The van der Waals surface area contributed by atoms with Gasteiger partial charge in [0.15, 0.2) is 5.72 Å². The Bertz CT molecular complexity index is 2170. The van der Waals surface area contributed by atoms with Crippen LogP contribution in [0.15, 0.2) is 35.9 Å². The van der Waals surface area contributed by atoms with Crippen molar-refractivity contribution in [2.75, 3.05) is 45.5 Å². The van der Waals surface area contributed by atoms with Crippen molar-refractivity contribution in [2.24, 2.45) is 23.5 Å². The van der Waals surface area contributed by atoms with Crippen LogP contribution in [0.1, 0.15) is 84.6 Å². The first kappa shape index (κ1) is 51.7. The molecular formula is C47H64ClN5O13S. The van der Waals surface area contributed by atoms with Crippen LogP contribution in [-0.2, 0) is 54.1 Å². The summed E-state index contributed by atoms with van der Waals surface area (Å²) in [5.41, 5.74) is 4.31. The van der Waals surface area contributed by atoms with E-state index >= 15 is 0 Å². The number of nitrogens with two attached hydrogens (primary N) is 1. The molecular weight excluding hydrogens is 910 g/mol. The molecule has 4 fully saturated rings. The van der Waals surface area contributed by atoms with E-state index in [1.165, 1.54) is 54.7 Å². The van der Waals surface area contributed by atoms with E-state index in [2.05, 4.69) is 5.32 Å². The molecule has 368 valence electrons. The second kappa shape index (κ2) is 21.3. The van der Waals surface area contributed by atoms with E-state index in [0.29, 0.717) is 50.1 Å². The lowest BCUT2D eigenvalue weighted by atomic mass is 9.81. The van der Waals surface area contributed by atoms with Gasteiger partial charge in [-0.1, -0.05) is 42.3 Å². The van der Waals surface area contributed by atoms with Crippen LogP contribution in [-0.4, -0.2) is 144 Å². The molecule has 9 atom stereocenters. The van der Waals surface area contributed by atoms with Crippen molar-refractivity contribution in [3.8, 4) is 5.75 Å². The number of hydrogen-bond acceptors (Lipinski definition) is 14. The number of benzene rings is 1. The maximum Gasteiger partial charge on any atom is 0.409 e. The Morgan fingerprint density at radius 2 is 1.81 bits per heavy atom. The second-order valence-corrected chi connectivity index (χ2v) is 20.4. The third kappa shape index (κ3) is 11.6. The second-order valence-electron chi connectivity index (χ2n) is 18.7. The summed E-state index contributed by atoms with van der Waals surface area (Å²) in [5, 5.41) is 13.9. The Balaban J connectivity index is 1.16. The number of alkyl carbamates (subject to hydrolysis) is 1. The van der Waals surface area contributed by atoms with E-state index in [1.54, 1.807) is 45.2 Å². The Kier molecular flexibility index (Phi) is 16.4. The van der Waals surface area contributed by atoms with Gasteiger partial charge in [-0.3, -0.25) is 34.2 Å². The van der Waals surface area contributed by atoms with Gasteiger partial charge in [0.25, 0.3) is 0 Å². The van der Waals surface area contributed by atoms with Crippen LogP contribution in [0.4, 0.5) is 10.5 Å². The lowest BCUT2D eigenvalue weighted by Gasteiger charge is -2.42. The number of thioether (sulfide) groups is 1. The molecule has 0 aromatic heterocycles. The molecule has 4 bridgehead atoms. The molecule has 2 unspecified atom stereocenters. The number of esters is 1. The molecule has 1 aliphatic carbocycles. The lowest BCUT2D eigenvalue weighted by Crippen LogP contribution is -2.63. The molecule has 18 nitrogen and oxygen atoms in total. The number of allylic oxidation sites excluding steroid dienone is 3. The van der Waals surface area contributed by atoms with Crippen LogP contribution >= 0.6 is 23.4 Å². The summed E-state index contributed by atoms with van der Waals surface area (Å²) in [6.45, 7) is 7.16. The van der Waals surface area contributed by atoms with Gasteiger partial charge in [0.2, 0.25) is 29.5 Å². The maximum atomic E-state index is 14.3. The van der Waals surface area contributed by atoms with Crippen LogP contribution in [0, 0.1) is 17.8 Å². The Hall–Kier alpha value is -4.69. The molecule has 0 radical (unpaired) electrons. The first-order valence-electron chi connectivity index (χ1n) is 22.7. The predicted octanol–water partition coefficient (Wildman–Crippen LogP) is 4.06. The molecule has 4 N–H and O–H groups in total. The molecule has 0 spiro atoms. The Labute approximate surface area is 400 Å². The summed E-state index contributed by atoms with van der Waals surface area (Å²) in [7, 11) is 5.89. The summed E-state index contributed by atoms with van der Waals surface area (Å²) in [4.78, 5) is 96.5. The van der Waals surface area contributed by atoms with Crippen molar-refractivity contribution in [3.05, 3.63) is 46.5 Å². The molecule has 67 heavy (non-hydrogen) atoms. The number of amides is 6. The van der Waals surface area contributed by atoms with Gasteiger partial charge in [-0.05, 0) is 76.5 Å². The molecule has 4 aliphatic heterocycles. The van der Waals surface area contributed by atoms with Gasteiger partial charge in [-0.2, -0.15) is 0 Å². The fraction of sp³-hybridized carbons (Fsp3) is 0.638. The van der Waals surface area contributed by atoms with Crippen LogP contribution < -0.4 is 20.7 Å². The third-order valence-corrected chi connectivity index (χ3v) is 15.6. The van der Waals surface area contributed by atoms with Crippen LogP contribution in [0.3, 0.4) is 0 Å². The van der Waals surface area contributed by atoms with E-state index in [4.69, 9.17) is 41.0 Å². The minimum absolute atomic E-state index is 0.0246. The van der Waals surface area contributed by atoms with Crippen LogP contribution in [0.2, 0.25) is 5.02 Å². The number of nitrogens with one attached hydrogen (secondary N) is 1. The largest absolute Gasteiger partial charge is 0.495 e. The van der Waals surface area contributed by atoms with Crippen molar-refractivity contribution in [1.82, 2.24) is 15.1 Å². The van der Waals surface area contributed by atoms with Crippen molar-refractivity contribution in [1.29, 1.82) is 0 Å².